The summed E-state index contributed by atoms with van der Waals surface area (Å²) in [5.74, 6) is 0. The smallest absolute Gasteiger partial charge is 0.252 e. The summed E-state index contributed by atoms with van der Waals surface area (Å²) >= 11 is 0. The van der Waals surface area contributed by atoms with E-state index < -0.39 is 36.3 Å². The Balaban J connectivity index is 1.47. The molecule has 0 amide bonds. The highest BCUT2D eigenvalue weighted by molar-refractivity contribution is 7.00. The second-order valence-electron chi connectivity index (χ2n) is 21.3. The van der Waals surface area contributed by atoms with E-state index in [-0.39, 0.29) is 63.7 Å². The van der Waals surface area contributed by atoms with E-state index in [2.05, 4.69) is 160 Å². The van der Waals surface area contributed by atoms with E-state index in [4.69, 9.17) is 8.22 Å². The van der Waals surface area contributed by atoms with Gasteiger partial charge in [-0.2, -0.15) is 0 Å². The van der Waals surface area contributed by atoms with Crippen LogP contribution < -0.4 is 26.2 Å². The lowest BCUT2D eigenvalue weighted by atomic mass is 9.33. The highest BCUT2D eigenvalue weighted by atomic mass is 15.2. The van der Waals surface area contributed by atoms with Crippen molar-refractivity contribution in [2.24, 2.45) is 0 Å². The van der Waals surface area contributed by atoms with Crippen molar-refractivity contribution in [1.82, 2.24) is 0 Å². The molecule has 7 aromatic rings. The Kier molecular flexibility index (Phi) is 7.35. The maximum absolute atomic E-state index is 9.36. The summed E-state index contributed by atoms with van der Waals surface area (Å²) in [6, 6.07) is 26.2. The van der Waals surface area contributed by atoms with Crippen LogP contribution in [-0.2, 0) is 21.7 Å². The number of aryl methyl sites for hydroxylation is 1. The van der Waals surface area contributed by atoms with Crippen LogP contribution in [0.15, 0.2) is 145 Å². The molecule has 0 unspecified atom stereocenters. The topological polar surface area (TPSA) is 6.48 Å². The third-order valence-electron chi connectivity index (χ3n) is 12.7. The number of fused-ring (bicyclic) bond motifs is 4. The fourth-order valence-electron chi connectivity index (χ4n) is 9.16. The summed E-state index contributed by atoms with van der Waals surface area (Å²) in [6.07, 6.45) is 0. The predicted octanol–water partition coefficient (Wildman–Crippen LogP) is 14.6. The Morgan fingerprint density at radius 1 is 0.387 bits per heavy atom. The van der Waals surface area contributed by atoms with Gasteiger partial charge in [-0.15, -0.1) is 0 Å². The maximum atomic E-state index is 9.36. The molecule has 7 aromatic carbocycles. The first-order valence-corrected chi connectivity index (χ1v) is 21.8. The summed E-state index contributed by atoms with van der Waals surface area (Å²) in [6.45, 7) is 27.6. The SMILES string of the molecule is [2H]c1c([2H])c([2H])c(-c2cc(C(C)(C)C)ccc2N2c3ccc(C(C)(C)C)cc3B3c4cc(C(C)(C)C)ccc4N(c4ccc(C(C)(C)C)cc4-c4c([2H])c([2H])c([2H])c([2H])c4[2H])c4cc(C)cc2c43)c([2H])c1[2H]. The van der Waals surface area contributed by atoms with Crippen LogP contribution in [-0.4, -0.2) is 6.71 Å². The summed E-state index contributed by atoms with van der Waals surface area (Å²) in [7, 11) is 0. The molecule has 0 fully saturated rings. The van der Waals surface area contributed by atoms with Crippen molar-refractivity contribution in [2.75, 3.05) is 9.80 Å². The van der Waals surface area contributed by atoms with E-state index in [9.17, 15) is 5.48 Å². The number of benzene rings is 7. The molecule has 0 saturated heterocycles. The molecule has 0 aromatic heterocycles. The summed E-state index contributed by atoms with van der Waals surface area (Å²) < 4.78 is 90.0. The van der Waals surface area contributed by atoms with Crippen LogP contribution in [0.5, 0.6) is 0 Å². The molecule has 312 valence electrons. The molecular weight excluding hydrogens is 747 g/mol. The summed E-state index contributed by atoms with van der Waals surface area (Å²) in [4.78, 5) is 4.42. The van der Waals surface area contributed by atoms with Crippen molar-refractivity contribution in [3.05, 3.63) is 173 Å². The summed E-state index contributed by atoms with van der Waals surface area (Å²) in [5, 5.41) is 0. The maximum Gasteiger partial charge on any atom is 0.252 e. The molecule has 0 saturated carbocycles. The first-order chi connectivity index (χ1) is 33.3. The van der Waals surface area contributed by atoms with Gasteiger partial charge in [0, 0.05) is 33.9 Å². The average Bonchev–Trinajstić information content (AvgIpc) is 3.30. The van der Waals surface area contributed by atoms with E-state index in [1.54, 1.807) is 0 Å². The molecule has 9 rings (SSSR count). The van der Waals surface area contributed by atoms with Gasteiger partial charge in [-0.05, 0) is 132 Å². The molecule has 0 spiro atoms. The molecule has 2 aliphatic heterocycles. The fourth-order valence-corrected chi connectivity index (χ4v) is 9.16. The quantitative estimate of drug-likeness (QED) is 0.163. The van der Waals surface area contributed by atoms with Crippen molar-refractivity contribution in [2.45, 2.75) is 112 Å². The van der Waals surface area contributed by atoms with Gasteiger partial charge >= 0.3 is 0 Å². The van der Waals surface area contributed by atoms with Gasteiger partial charge in [0.15, 0.2) is 0 Å². The number of nitrogens with zero attached hydrogens (tertiary/aromatic N) is 2. The van der Waals surface area contributed by atoms with Crippen molar-refractivity contribution in [3.8, 4) is 22.3 Å². The van der Waals surface area contributed by atoms with E-state index in [1.165, 1.54) is 0 Å². The minimum absolute atomic E-state index is 0.114. The van der Waals surface area contributed by atoms with Crippen molar-refractivity contribution >= 4 is 57.2 Å². The number of hydrogen-bond acceptors (Lipinski definition) is 2. The number of rotatable bonds is 4. The molecule has 2 heterocycles. The normalized spacial score (nSPS) is 16.0. The molecule has 0 bridgehead atoms. The van der Waals surface area contributed by atoms with Crippen LogP contribution in [0.4, 0.5) is 34.1 Å². The minimum atomic E-state index is -0.456. The minimum Gasteiger partial charge on any atom is -0.311 e. The van der Waals surface area contributed by atoms with Crippen LogP contribution >= 0.6 is 0 Å². The lowest BCUT2D eigenvalue weighted by Crippen LogP contribution is -2.61. The molecular formula is C59H63BN2. The molecule has 2 nitrogen and oxygen atoms in total. The van der Waals surface area contributed by atoms with Crippen LogP contribution in [0.25, 0.3) is 22.3 Å². The van der Waals surface area contributed by atoms with Crippen LogP contribution in [0, 0.1) is 6.92 Å². The predicted molar refractivity (Wildman–Crippen MR) is 271 cm³/mol. The molecule has 2 aliphatic rings. The molecule has 0 aliphatic carbocycles. The zero-order valence-corrected chi connectivity index (χ0v) is 38.6. The van der Waals surface area contributed by atoms with Crippen molar-refractivity contribution in [1.29, 1.82) is 0 Å². The number of hydrogen-bond donors (Lipinski definition) is 0. The summed E-state index contributed by atoms with van der Waals surface area (Å²) in [5.41, 5.74) is 12.9. The van der Waals surface area contributed by atoms with Crippen LogP contribution in [0.3, 0.4) is 0 Å². The molecule has 0 radical (unpaired) electrons. The first kappa shape index (κ1) is 31.1. The van der Waals surface area contributed by atoms with Gasteiger partial charge in [0.25, 0.3) is 6.71 Å². The first-order valence-electron chi connectivity index (χ1n) is 26.8. The third kappa shape index (κ3) is 7.18. The van der Waals surface area contributed by atoms with Gasteiger partial charge in [-0.1, -0.05) is 180 Å². The van der Waals surface area contributed by atoms with E-state index >= 15 is 0 Å². The van der Waals surface area contributed by atoms with Gasteiger partial charge in [-0.25, -0.2) is 0 Å². The second kappa shape index (κ2) is 14.7. The molecule has 0 atom stereocenters. The van der Waals surface area contributed by atoms with Crippen molar-refractivity contribution in [3.63, 3.8) is 0 Å². The van der Waals surface area contributed by atoms with Crippen LogP contribution in [0.2, 0.25) is 0 Å². The second-order valence-corrected chi connectivity index (χ2v) is 21.3. The van der Waals surface area contributed by atoms with Gasteiger partial charge in [-0.3, -0.25) is 0 Å². The van der Waals surface area contributed by atoms with Gasteiger partial charge in [0.1, 0.15) is 0 Å². The zero-order chi connectivity index (χ0) is 52.8. The van der Waals surface area contributed by atoms with E-state index in [0.29, 0.717) is 22.5 Å². The Morgan fingerprint density at radius 2 is 0.710 bits per heavy atom. The average molecular weight is 821 g/mol. The zero-order valence-electron chi connectivity index (χ0n) is 48.6. The fraction of sp³-hybridized carbons (Fsp3) is 0.288. The monoisotopic (exact) mass is 821 g/mol. The Bertz CT molecular complexity index is 3160. The highest BCUT2D eigenvalue weighted by Gasteiger charge is 2.45. The number of anilines is 6. The molecule has 62 heavy (non-hydrogen) atoms. The lowest BCUT2D eigenvalue weighted by molar-refractivity contribution is 0.590. The molecule has 0 N–H and O–H groups in total. The van der Waals surface area contributed by atoms with E-state index in [0.717, 1.165) is 67.0 Å². The Hall–Kier alpha value is -5.80. The van der Waals surface area contributed by atoms with Gasteiger partial charge in [0.2, 0.25) is 0 Å². The third-order valence-corrected chi connectivity index (χ3v) is 12.7. The standard InChI is InChI=1S/C59H63BN2/c1-38-32-53-55-54(33-38)62(50-29-25-42(57(5,6)7)35-46(50)40-22-18-15-19-23-40)52-31-27-44(59(11,12)13)37-48(52)60(55)47-36-43(58(8,9)10)26-30-51(47)61(53)49-28-24-41(56(2,3)4)34-45(49)39-20-16-14-17-21-39/h14-37H,1-13H3/i14D,15D,16D,17D,18D,19D,20D,21D,22D,23D. The van der Waals surface area contributed by atoms with E-state index in [1.807, 2.05) is 24.3 Å². The van der Waals surface area contributed by atoms with Crippen molar-refractivity contribution < 1.29 is 13.7 Å². The Morgan fingerprint density at radius 3 is 1.05 bits per heavy atom. The van der Waals surface area contributed by atoms with Gasteiger partial charge < -0.3 is 9.80 Å². The lowest BCUT2D eigenvalue weighted by Gasteiger charge is -2.46. The van der Waals surface area contributed by atoms with Crippen LogP contribution in [0.1, 0.15) is 125 Å². The largest absolute Gasteiger partial charge is 0.311 e. The highest BCUT2D eigenvalue weighted by Crippen LogP contribution is 2.50. The Labute approximate surface area is 386 Å². The van der Waals surface area contributed by atoms with Gasteiger partial charge in [0.05, 0.1) is 25.1 Å². The molecule has 3 heteroatoms.